The molecule has 12 heteroatoms. The number of halogens is 3. The molecule has 4 aliphatic heterocycles. The Morgan fingerprint density at radius 2 is 2.04 bits per heavy atom. The second-order valence-corrected chi connectivity index (χ2v) is 13.4. The van der Waals surface area contributed by atoms with E-state index in [1.807, 2.05) is 0 Å². The number of phenols is 1. The Morgan fingerprint density at radius 3 is 2.85 bits per heavy atom. The molecule has 2 aromatic carbocycles. The van der Waals surface area contributed by atoms with Crippen LogP contribution in [-0.4, -0.2) is 88.1 Å². The summed E-state index contributed by atoms with van der Waals surface area (Å²) in [6.45, 7) is 4.34. The standard InChI is InChI=1S/C36H37F3N6O3/c1-3-6-26-27-18-47-34-29-32(30(39)31(41-34)24-16-22(46)15-20-7-8-25(38)23(4-2)28(20)24)42-35(43-33(29)44(27)14-12-40-26)48-19-36-10-5-13-45(36)21(17-37)9-11-36/h2,7-8,15-16,21,26-27,40,46H,3,5-6,9-14,17-19H2,1H3. The summed E-state index contributed by atoms with van der Waals surface area (Å²) in [4.78, 5) is 18.6. The van der Waals surface area contributed by atoms with Gasteiger partial charge in [0.15, 0.2) is 5.82 Å². The smallest absolute Gasteiger partial charge is 0.319 e. The highest BCUT2D eigenvalue weighted by Gasteiger charge is 2.50. The summed E-state index contributed by atoms with van der Waals surface area (Å²) in [6, 6.07) is 5.30. The minimum absolute atomic E-state index is 0.00627. The van der Waals surface area contributed by atoms with E-state index in [0.29, 0.717) is 29.7 Å². The van der Waals surface area contributed by atoms with Crippen LogP contribution in [0.5, 0.6) is 17.6 Å². The van der Waals surface area contributed by atoms with E-state index in [1.165, 1.54) is 24.3 Å². The van der Waals surface area contributed by atoms with E-state index < -0.39 is 18.3 Å². The number of rotatable bonds is 7. The summed E-state index contributed by atoms with van der Waals surface area (Å²) in [5.74, 6) is 1.37. The lowest BCUT2D eigenvalue weighted by atomic mass is 9.95. The van der Waals surface area contributed by atoms with Crippen molar-refractivity contribution in [3.05, 3.63) is 41.5 Å². The molecule has 0 saturated carbocycles. The van der Waals surface area contributed by atoms with Gasteiger partial charge < -0.3 is 24.8 Å². The van der Waals surface area contributed by atoms with Crippen LogP contribution in [0.4, 0.5) is 19.0 Å². The summed E-state index contributed by atoms with van der Waals surface area (Å²) in [7, 11) is 0. The fraction of sp³-hybridized carbons (Fsp3) is 0.472. The zero-order chi connectivity index (χ0) is 33.2. The summed E-state index contributed by atoms with van der Waals surface area (Å²) in [5.41, 5.74) is -0.543. The Bertz CT molecular complexity index is 1970. The van der Waals surface area contributed by atoms with Crippen molar-refractivity contribution in [1.82, 2.24) is 25.2 Å². The Hall–Kier alpha value is -4.34. The van der Waals surface area contributed by atoms with Crippen LogP contribution in [0.3, 0.4) is 0 Å². The maximum atomic E-state index is 17.1. The van der Waals surface area contributed by atoms with Crippen LogP contribution < -0.4 is 19.7 Å². The van der Waals surface area contributed by atoms with E-state index in [-0.39, 0.29) is 82.2 Å². The van der Waals surface area contributed by atoms with Crippen molar-refractivity contribution in [1.29, 1.82) is 0 Å². The molecular weight excluding hydrogens is 621 g/mol. The number of terminal acetylenes is 1. The van der Waals surface area contributed by atoms with Gasteiger partial charge in [-0.25, -0.2) is 18.2 Å². The van der Waals surface area contributed by atoms with E-state index in [1.54, 1.807) is 0 Å². The maximum Gasteiger partial charge on any atom is 0.319 e. The summed E-state index contributed by atoms with van der Waals surface area (Å²) < 4.78 is 58.7. The number of phenolic OH excluding ortho intramolecular Hbond substituents is 1. The lowest BCUT2D eigenvalue weighted by molar-refractivity contribution is 0.0772. The van der Waals surface area contributed by atoms with Crippen molar-refractivity contribution in [2.24, 2.45) is 0 Å². The topological polar surface area (TPSA) is 95.9 Å². The van der Waals surface area contributed by atoms with Crippen LogP contribution in [0.1, 0.15) is 51.0 Å². The highest BCUT2D eigenvalue weighted by atomic mass is 19.1. The number of piperazine rings is 1. The number of benzene rings is 2. The summed E-state index contributed by atoms with van der Waals surface area (Å²) in [6.07, 6.45) is 11.0. The Balaban J connectivity index is 1.32. The van der Waals surface area contributed by atoms with Gasteiger partial charge in [0.25, 0.3) is 0 Å². The Labute approximate surface area is 276 Å². The van der Waals surface area contributed by atoms with Gasteiger partial charge in [-0.1, -0.05) is 25.3 Å². The molecule has 6 heterocycles. The molecule has 3 saturated heterocycles. The summed E-state index contributed by atoms with van der Waals surface area (Å²) in [5, 5.41) is 15.2. The highest BCUT2D eigenvalue weighted by molar-refractivity contribution is 6.04. The minimum Gasteiger partial charge on any atom is -0.508 e. The van der Waals surface area contributed by atoms with Crippen molar-refractivity contribution in [3.63, 3.8) is 0 Å². The molecule has 0 radical (unpaired) electrons. The van der Waals surface area contributed by atoms with Crippen LogP contribution in [0, 0.1) is 24.0 Å². The van der Waals surface area contributed by atoms with Crippen LogP contribution in [0.25, 0.3) is 32.9 Å². The van der Waals surface area contributed by atoms with Crippen molar-refractivity contribution in [2.45, 2.75) is 69.1 Å². The molecule has 8 rings (SSSR count). The third kappa shape index (κ3) is 4.81. The molecule has 4 atom stereocenters. The molecule has 4 aliphatic rings. The predicted molar refractivity (Wildman–Crippen MR) is 176 cm³/mol. The number of fused-ring (bicyclic) bond motifs is 4. The molecule has 9 nitrogen and oxygen atoms in total. The van der Waals surface area contributed by atoms with Crippen molar-refractivity contribution >= 4 is 27.5 Å². The number of nitrogens with zero attached hydrogens (tertiary/aromatic N) is 5. The monoisotopic (exact) mass is 658 g/mol. The Kier molecular flexibility index (Phi) is 7.72. The van der Waals surface area contributed by atoms with Gasteiger partial charge in [0, 0.05) is 36.1 Å². The van der Waals surface area contributed by atoms with Gasteiger partial charge in [0.05, 0.1) is 17.1 Å². The first-order chi connectivity index (χ1) is 23.4. The van der Waals surface area contributed by atoms with Crippen molar-refractivity contribution in [3.8, 4) is 41.2 Å². The van der Waals surface area contributed by atoms with Crippen LogP contribution in [0.15, 0.2) is 24.3 Å². The first-order valence-corrected chi connectivity index (χ1v) is 16.8. The van der Waals surface area contributed by atoms with E-state index in [2.05, 4.69) is 37.9 Å². The van der Waals surface area contributed by atoms with Gasteiger partial charge in [0.1, 0.15) is 53.9 Å². The Morgan fingerprint density at radius 1 is 1.17 bits per heavy atom. The zero-order valence-corrected chi connectivity index (χ0v) is 26.7. The number of aromatic hydroxyl groups is 1. The summed E-state index contributed by atoms with van der Waals surface area (Å²) >= 11 is 0. The third-order valence-corrected chi connectivity index (χ3v) is 10.7. The van der Waals surface area contributed by atoms with E-state index >= 15 is 4.39 Å². The molecule has 4 unspecified atom stereocenters. The van der Waals surface area contributed by atoms with E-state index in [9.17, 15) is 13.9 Å². The van der Waals surface area contributed by atoms with Crippen molar-refractivity contribution in [2.75, 3.05) is 44.4 Å². The fourth-order valence-electron chi connectivity index (χ4n) is 8.52. The third-order valence-electron chi connectivity index (χ3n) is 10.7. The highest BCUT2D eigenvalue weighted by Crippen LogP contribution is 2.45. The number of anilines is 1. The molecule has 3 fully saturated rings. The van der Waals surface area contributed by atoms with Gasteiger partial charge in [-0.3, -0.25) is 4.90 Å². The second kappa shape index (κ2) is 12.0. The molecule has 0 amide bonds. The number of hydrogen-bond donors (Lipinski definition) is 2. The average Bonchev–Trinajstić information content (AvgIpc) is 3.61. The van der Waals surface area contributed by atoms with Crippen molar-refractivity contribution < 1.29 is 27.8 Å². The van der Waals surface area contributed by atoms with E-state index in [0.717, 1.165) is 45.1 Å². The first-order valence-electron chi connectivity index (χ1n) is 16.8. The van der Waals surface area contributed by atoms with Gasteiger partial charge in [0.2, 0.25) is 5.88 Å². The van der Waals surface area contributed by atoms with E-state index in [4.69, 9.17) is 20.9 Å². The molecule has 2 N–H and O–H groups in total. The number of aromatic nitrogens is 3. The number of alkyl halides is 1. The SMILES string of the molecule is C#Cc1c(F)ccc2cc(O)cc(-c3nc4c5c(nc(OCC67CCCN6C(CF)CC7)nc5c3F)N3CCNC(CCC)C3CO4)c12. The van der Waals surface area contributed by atoms with Gasteiger partial charge in [-0.05, 0) is 62.2 Å². The molecule has 0 aliphatic carbocycles. The quantitative estimate of drug-likeness (QED) is 0.250. The molecule has 250 valence electrons. The lowest BCUT2D eigenvalue weighted by Gasteiger charge is -2.41. The van der Waals surface area contributed by atoms with Gasteiger partial charge in [-0.2, -0.15) is 9.97 Å². The minimum atomic E-state index is -0.803. The number of ether oxygens (including phenoxy) is 2. The van der Waals surface area contributed by atoms with Gasteiger partial charge >= 0.3 is 6.01 Å². The molecule has 0 spiro atoms. The van der Waals surface area contributed by atoms with Crippen LogP contribution in [-0.2, 0) is 0 Å². The normalized spacial score (nSPS) is 25.1. The molecule has 48 heavy (non-hydrogen) atoms. The number of hydrogen-bond acceptors (Lipinski definition) is 9. The number of nitrogens with one attached hydrogen (secondary N) is 1. The second-order valence-electron chi connectivity index (χ2n) is 13.4. The zero-order valence-electron chi connectivity index (χ0n) is 26.7. The van der Waals surface area contributed by atoms with Gasteiger partial charge in [-0.15, -0.1) is 6.42 Å². The molecular formula is C36H37F3N6O3. The van der Waals surface area contributed by atoms with Crippen LogP contribution in [0.2, 0.25) is 0 Å². The maximum absolute atomic E-state index is 17.1. The largest absolute Gasteiger partial charge is 0.508 e. The molecule has 4 aromatic rings. The predicted octanol–water partition coefficient (Wildman–Crippen LogP) is 5.49. The lowest BCUT2D eigenvalue weighted by Crippen LogP contribution is -2.60. The molecule has 2 aromatic heterocycles. The fourth-order valence-corrected chi connectivity index (χ4v) is 8.52. The molecule has 0 bridgehead atoms. The first kappa shape index (κ1) is 31.0. The average molecular weight is 659 g/mol. The van der Waals surface area contributed by atoms with Crippen LogP contribution >= 0.6 is 0 Å². The number of pyridine rings is 1.